The predicted octanol–water partition coefficient (Wildman–Crippen LogP) is 1.97. The van der Waals surface area contributed by atoms with Crippen molar-refractivity contribution in [2.45, 2.75) is 19.1 Å². The first-order chi connectivity index (χ1) is 9.63. The van der Waals surface area contributed by atoms with Gasteiger partial charge in [0.15, 0.2) is 6.10 Å². The van der Waals surface area contributed by atoms with Crippen LogP contribution in [-0.4, -0.2) is 27.9 Å². The van der Waals surface area contributed by atoms with E-state index in [2.05, 4.69) is 4.98 Å². The van der Waals surface area contributed by atoms with E-state index in [4.69, 9.17) is 9.47 Å². The van der Waals surface area contributed by atoms with Crippen molar-refractivity contribution in [3.63, 3.8) is 0 Å². The van der Waals surface area contributed by atoms with Crippen molar-refractivity contribution in [3.05, 3.63) is 47.8 Å². The lowest BCUT2D eigenvalue weighted by atomic mass is 10.0. The molecule has 2 heterocycles. The molecule has 0 radical (unpaired) electrons. The standard InChI is InChI=1S/C15H15NO4/c1-9-2-4-11(7-16-9)20-14-8-19-13-5-3-10(17)6-12(13)15(14)18/h2-7,14-15,17-18H,8H2,1H3. The lowest BCUT2D eigenvalue weighted by Crippen LogP contribution is -2.35. The van der Waals surface area contributed by atoms with Gasteiger partial charge in [-0.05, 0) is 37.3 Å². The zero-order valence-corrected chi connectivity index (χ0v) is 11.0. The monoisotopic (exact) mass is 273 g/mol. The Balaban J connectivity index is 1.81. The van der Waals surface area contributed by atoms with Gasteiger partial charge < -0.3 is 19.7 Å². The average Bonchev–Trinajstić information content (AvgIpc) is 2.45. The summed E-state index contributed by atoms with van der Waals surface area (Å²) in [6.45, 7) is 2.13. The number of aliphatic hydroxyl groups excluding tert-OH is 1. The van der Waals surface area contributed by atoms with Crippen LogP contribution in [0.5, 0.6) is 17.2 Å². The first-order valence-corrected chi connectivity index (χ1v) is 6.36. The SMILES string of the molecule is Cc1ccc(OC2COc3ccc(O)cc3C2O)cn1. The van der Waals surface area contributed by atoms with E-state index < -0.39 is 12.2 Å². The van der Waals surface area contributed by atoms with Crippen LogP contribution >= 0.6 is 0 Å². The van der Waals surface area contributed by atoms with Crippen LogP contribution < -0.4 is 9.47 Å². The molecule has 2 N–H and O–H groups in total. The first-order valence-electron chi connectivity index (χ1n) is 6.36. The summed E-state index contributed by atoms with van der Waals surface area (Å²) in [7, 11) is 0. The molecule has 2 atom stereocenters. The summed E-state index contributed by atoms with van der Waals surface area (Å²) in [4.78, 5) is 4.14. The van der Waals surface area contributed by atoms with Crippen molar-refractivity contribution in [1.29, 1.82) is 0 Å². The summed E-state index contributed by atoms with van der Waals surface area (Å²) >= 11 is 0. The normalized spacial score (nSPS) is 20.9. The molecule has 0 spiro atoms. The van der Waals surface area contributed by atoms with Crippen LogP contribution in [0.15, 0.2) is 36.5 Å². The molecule has 5 nitrogen and oxygen atoms in total. The second-order valence-electron chi connectivity index (χ2n) is 4.77. The van der Waals surface area contributed by atoms with Crippen molar-refractivity contribution in [3.8, 4) is 17.2 Å². The van der Waals surface area contributed by atoms with Gasteiger partial charge in [0.1, 0.15) is 30.0 Å². The van der Waals surface area contributed by atoms with Gasteiger partial charge in [0.2, 0.25) is 0 Å². The third-order valence-corrected chi connectivity index (χ3v) is 3.24. The van der Waals surface area contributed by atoms with E-state index in [1.807, 2.05) is 13.0 Å². The predicted molar refractivity (Wildman–Crippen MR) is 72.0 cm³/mol. The number of phenols is 1. The molecule has 20 heavy (non-hydrogen) atoms. The third kappa shape index (κ3) is 2.40. The number of fused-ring (bicyclic) bond motifs is 1. The molecule has 5 heteroatoms. The Bertz CT molecular complexity index is 612. The number of hydrogen-bond donors (Lipinski definition) is 2. The highest BCUT2D eigenvalue weighted by Gasteiger charge is 2.31. The molecule has 2 unspecified atom stereocenters. The van der Waals surface area contributed by atoms with E-state index in [1.165, 1.54) is 12.1 Å². The topological polar surface area (TPSA) is 71.8 Å². The van der Waals surface area contributed by atoms with Gasteiger partial charge in [-0.3, -0.25) is 4.98 Å². The summed E-state index contributed by atoms with van der Waals surface area (Å²) in [5.74, 6) is 1.23. The van der Waals surface area contributed by atoms with E-state index >= 15 is 0 Å². The molecule has 1 aliphatic heterocycles. The molecule has 104 valence electrons. The van der Waals surface area contributed by atoms with Crippen LogP contribution in [0, 0.1) is 6.92 Å². The van der Waals surface area contributed by atoms with E-state index in [0.717, 1.165) is 5.69 Å². The molecule has 1 aromatic heterocycles. The Morgan fingerprint density at radius 3 is 2.90 bits per heavy atom. The first kappa shape index (κ1) is 12.7. The molecular formula is C15H15NO4. The van der Waals surface area contributed by atoms with Gasteiger partial charge in [0.05, 0.1) is 6.20 Å². The van der Waals surface area contributed by atoms with E-state index in [1.54, 1.807) is 18.3 Å². The quantitative estimate of drug-likeness (QED) is 0.875. The maximum Gasteiger partial charge on any atom is 0.163 e. The van der Waals surface area contributed by atoms with Crippen molar-refractivity contribution in [1.82, 2.24) is 4.98 Å². The highest BCUT2D eigenvalue weighted by atomic mass is 16.5. The number of benzene rings is 1. The summed E-state index contributed by atoms with van der Waals surface area (Å²) in [6, 6.07) is 8.29. The van der Waals surface area contributed by atoms with Crippen LogP contribution in [0.4, 0.5) is 0 Å². The van der Waals surface area contributed by atoms with Gasteiger partial charge in [0.25, 0.3) is 0 Å². The minimum atomic E-state index is -0.854. The van der Waals surface area contributed by atoms with Gasteiger partial charge in [-0.15, -0.1) is 0 Å². The Hall–Kier alpha value is -2.27. The summed E-state index contributed by atoms with van der Waals surface area (Å²) in [5.41, 5.74) is 1.43. The molecule has 0 bridgehead atoms. The number of rotatable bonds is 2. The number of nitrogens with zero attached hydrogens (tertiary/aromatic N) is 1. The van der Waals surface area contributed by atoms with Gasteiger partial charge in [-0.1, -0.05) is 0 Å². The van der Waals surface area contributed by atoms with E-state index in [-0.39, 0.29) is 12.4 Å². The number of pyridine rings is 1. The number of phenolic OH excluding ortho intramolecular Hbond substituents is 1. The zero-order chi connectivity index (χ0) is 14.1. The second-order valence-corrected chi connectivity index (χ2v) is 4.77. The Labute approximate surface area is 116 Å². The Morgan fingerprint density at radius 2 is 2.15 bits per heavy atom. The van der Waals surface area contributed by atoms with Crippen molar-refractivity contribution in [2.24, 2.45) is 0 Å². The van der Waals surface area contributed by atoms with Crippen LogP contribution in [0.3, 0.4) is 0 Å². The molecule has 0 saturated heterocycles. The smallest absolute Gasteiger partial charge is 0.163 e. The number of ether oxygens (including phenoxy) is 2. The molecule has 0 amide bonds. The highest BCUT2D eigenvalue weighted by Crippen LogP contribution is 2.35. The molecule has 1 aromatic carbocycles. The number of aromatic nitrogens is 1. The summed E-state index contributed by atoms with van der Waals surface area (Å²) in [6.07, 6.45) is 0.223. The number of aryl methyl sites for hydroxylation is 1. The lowest BCUT2D eigenvalue weighted by molar-refractivity contribution is -0.0106. The fourth-order valence-corrected chi connectivity index (χ4v) is 2.16. The third-order valence-electron chi connectivity index (χ3n) is 3.24. The van der Waals surface area contributed by atoms with Crippen LogP contribution in [0.1, 0.15) is 17.4 Å². The zero-order valence-electron chi connectivity index (χ0n) is 11.0. The van der Waals surface area contributed by atoms with E-state index in [0.29, 0.717) is 17.1 Å². The minimum absolute atomic E-state index is 0.0871. The second kappa shape index (κ2) is 5.02. The van der Waals surface area contributed by atoms with Gasteiger partial charge >= 0.3 is 0 Å². The average molecular weight is 273 g/mol. The molecule has 3 rings (SSSR count). The van der Waals surface area contributed by atoms with Crippen molar-refractivity contribution in [2.75, 3.05) is 6.61 Å². The fourth-order valence-electron chi connectivity index (χ4n) is 2.16. The van der Waals surface area contributed by atoms with Crippen LogP contribution in [0.2, 0.25) is 0 Å². The maximum absolute atomic E-state index is 10.3. The molecular weight excluding hydrogens is 258 g/mol. The fraction of sp³-hybridized carbons (Fsp3) is 0.267. The molecule has 2 aromatic rings. The van der Waals surface area contributed by atoms with Gasteiger partial charge in [-0.25, -0.2) is 0 Å². The molecule has 1 aliphatic rings. The summed E-state index contributed by atoms with van der Waals surface area (Å²) in [5, 5.41) is 19.8. The van der Waals surface area contributed by atoms with Crippen LogP contribution in [-0.2, 0) is 0 Å². The largest absolute Gasteiger partial charge is 0.508 e. The minimum Gasteiger partial charge on any atom is -0.508 e. The van der Waals surface area contributed by atoms with E-state index in [9.17, 15) is 10.2 Å². The van der Waals surface area contributed by atoms with Gasteiger partial charge in [-0.2, -0.15) is 0 Å². The number of aliphatic hydroxyl groups is 1. The van der Waals surface area contributed by atoms with Crippen molar-refractivity contribution >= 4 is 0 Å². The molecule has 0 fully saturated rings. The van der Waals surface area contributed by atoms with Crippen LogP contribution in [0.25, 0.3) is 0 Å². The maximum atomic E-state index is 10.3. The lowest BCUT2D eigenvalue weighted by Gasteiger charge is -2.30. The Kier molecular flexibility index (Phi) is 3.20. The number of aromatic hydroxyl groups is 1. The Morgan fingerprint density at radius 1 is 1.30 bits per heavy atom. The molecule has 0 aliphatic carbocycles. The molecule has 0 saturated carbocycles. The van der Waals surface area contributed by atoms with Crippen molar-refractivity contribution < 1.29 is 19.7 Å². The van der Waals surface area contributed by atoms with Gasteiger partial charge in [0, 0.05) is 11.3 Å². The highest BCUT2D eigenvalue weighted by molar-refractivity contribution is 5.43. The summed E-state index contributed by atoms with van der Waals surface area (Å²) < 4.78 is 11.2. The number of hydrogen-bond acceptors (Lipinski definition) is 5.